The average molecular weight is 354 g/mol. The van der Waals surface area contributed by atoms with Gasteiger partial charge in [0.25, 0.3) is 0 Å². The normalized spacial score (nSPS) is 11.4. The Labute approximate surface area is 159 Å². The Morgan fingerprint density at radius 3 is 1.59 bits per heavy atom. The lowest BCUT2D eigenvalue weighted by Gasteiger charge is -2.36. The number of rotatable bonds is 6. The smallest absolute Gasteiger partial charge is 0.0871 e. The predicted octanol–water partition coefficient (Wildman–Crippen LogP) is 4.94. The molecule has 134 valence electrons. The maximum atomic E-state index is 5.47. The van der Waals surface area contributed by atoms with Gasteiger partial charge in [0.05, 0.1) is 23.9 Å². The van der Waals surface area contributed by atoms with Gasteiger partial charge in [-0.05, 0) is 16.7 Å². The molecule has 0 amide bonds. The van der Waals surface area contributed by atoms with Crippen LogP contribution in [0.3, 0.4) is 0 Å². The zero-order valence-electron chi connectivity index (χ0n) is 15.3. The van der Waals surface area contributed by atoms with E-state index in [2.05, 4.69) is 83.0 Å². The van der Waals surface area contributed by atoms with E-state index in [1.807, 2.05) is 24.4 Å². The van der Waals surface area contributed by atoms with Crippen molar-refractivity contribution in [2.45, 2.75) is 12.0 Å². The van der Waals surface area contributed by atoms with Crippen LogP contribution in [-0.4, -0.2) is 17.3 Å². The fourth-order valence-electron chi connectivity index (χ4n) is 3.90. The minimum Gasteiger partial charge on any atom is -0.380 e. The van der Waals surface area contributed by atoms with Crippen LogP contribution in [0.2, 0.25) is 0 Å². The number of ether oxygens (including phenoxy) is 1. The predicted molar refractivity (Wildman–Crippen MR) is 108 cm³/mol. The van der Waals surface area contributed by atoms with E-state index in [0.717, 1.165) is 11.3 Å². The van der Waals surface area contributed by atoms with Crippen LogP contribution in [0.5, 0.6) is 0 Å². The number of hydrogen-bond donors (Lipinski definition) is 1. The van der Waals surface area contributed by atoms with E-state index < -0.39 is 5.41 Å². The summed E-state index contributed by atoms with van der Waals surface area (Å²) < 4.78 is 5.47. The van der Waals surface area contributed by atoms with Crippen LogP contribution in [0.4, 0.5) is 0 Å². The van der Waals surface area contributed by atoms with Gasteiger partial charge >= 0.3 is 0 Å². The third kappa shape index (κ3) is 2.96. The quantitative estimate of drug-likeness (QED) is 0.498. The minimum absolute atomic E-state index is 0.500. The summed E-state index contributed by atoms with van der Waals surface area (Å²) in [5.41, 5.74) is 5.13. The third-order valence-corrected chi connectivity index (χ3v) is 5.01. The molecular weight excluding hydrogens is 332 g/mol. The van der Waals surface area contributed by atoms with Gasteiger partial charge < -0.3 is 4.74 Å². The summed E-state index contributed by atoms with van der Waals surface area (Å²) in [4.78, 5) is 0. The second-order valence-electron chi connectivity index (χ2n) is 6.55. The maximum Gasteiger partial charge on any atom is 0.0871 e. The van der Waals surface area contributed by atoms with Gasteiger partial charge in [-0.2, -0.15) is 5.10 Å². The number of aromatic amines is 1. The molecule has 3 aromatic carbocycles. The number of H-pyrrole nitrogens is 1. The molecule has 0 atom stereocenters. The molecule has 0 aliphatic rings. The van der Waals surface area contributed by atoms with Crippen molar-refractivity contribution in [3.63, 3.8) is 0 Å². The van der Waals surface area contributed by atoms with Gasteiger partial charge in [-0.1, -0.05) is 91.0 Å². The van der Waals surface area contributed by atoms with E-state index in [1.165, 1.54) is 16.7 Å². The van der Waals surface area contributed by atoms with Gasteiger partial charge in [-0.15, -0.1) is 0 Å². The summed E-state index contributed by atoms with van der Waals surface area (Å²) in [6.07, 6.45) is 1.86. The van der Waals surface area contributed by atoms with Gasteiger partial charge in [0.15, 0.2) is 0 Å². The Hall–Kier alpha value is -3.17. The summed E-state index contributed by atoms with van der Waals surface area (Å²) >= 11 is 0. The van der Waals surface area contributed by atoms with Gasteiger partial charge in [0.1, 0.15) is 0 Å². The Bertz CT molecular complexity index is 882. The monoisotopic (exact) mass is 354 g/mol. The zero-order valence-corrected chi connectivity index (χ0v) is 15.3. The fraction of sp³-hybridized carbons (Fsp3) is 0.125. The first-order chi connectivity index (χ1) is 13.4. The van der Waals surface area contributed by atoms with Gasteiger partial charge in [0.2, 0.25) is 0 Å². The first-order valence-electron chi connectivity index (χ1n) is 9.05. The average Bonchev–Trinajstić information content (AvgIpc) is 3.20. The van der Waals surface area contributed by atoms with Crippen molar-refractivity contribution in [2.24, 2.45) is 0 Å². The molecule has 4 rings (SSSR count). The van der Waals surface area contributed by atoms with Crippen LogP contribution in [0.15, 0.2) is 97.2 Å². The lowest BCUT2D eigenvalue weighted by atomic mass is 9.66. The van der Waals surface area contributed by atoms with E-state index in [9.17, 15) is 0 Å². The van der Waals surface area contributed by atoms with Gasteiger partial charge in [0, 0.05) is 12.7 Å². The number of benzene rings is 3. The maximum absolute atomic E-state index is 5.47. The SMILES string of the molecule is COCc1cn[nH]c1C(c1ccccc1)(c1ccccc1)c1ccccc1. The summed E-state index contributed by atoms with van der Waals surface area (Å²) in [6.45, 7) is 0.500. The van der Waals surface area contributed by atoms with Crippen LogP contribution >= 0.6 is 0 Å². The highest BCUT2D eigenvalue weighted by atomic mass is 16.5. The largest absolute Gasteiger partial charge is 0.380 e. The van der Waals surface area contributed by atoms with Crippen molar-refractivity contribution in [3.05, 3.63) is 125 Å². The summed E-state index contributed by atoms with van der Waals surface area (Å²) in [6, 6.07) is 31.7. The molecule has 4 aromatic rings. The number of hydrogen-bond acceptors (Lipinski definition) is 2. The number of methoxy groups -OCH3 is 1. The molecule has 1 heterocycles. The highest BCUT2D eigenvalue weighted by molar-refractivity contribution is 5.59. The Morgan fingerprint density at radius 1 is 0.741 bits per heavy atom. The van der Waals surface area contributed by atoms with Gasteiger partial charge in [-0.3, -0.25) is 5.10 Å². The van der Waals surface area contributed by atoms with Gasteiger partial charge in [-0.25, -0.2) is 0 Å². The van der Waals surface area contributed by atoms with Crippen molar-refractivity contribution >= 4 is 0 Å². The number of nitrogens with one attached hydrogen (secondary N) is 1. The molecule has 0 fully saturated rings. The summed E-state index contributed by atoms with van der Waals surface area (Å²) in [5.74, 6) is 0. The van der Waals surface area contributed by atoms with Crippen LogP contribution in [0.25, 0.3) is 0 Å². The first-order valence-corrected chi connectivity index (χ1v) is 9.05. The second kappa shape index (κ2) is 7.60. The molecule has 0 saturated carbocycles. The summed E-state index contributed by atoms with van der Waals surface area (Å²) in [5, 5.41) is 7.68. The van der Waals surface area contributed by atoms with E-state index in [4.69, 9.17) is 4.74 Å². The molecule has 0 aliphatic carbocycles. The van der Waals surface area contributed by atoms with Crippen LogP contribution < -0.4 is 0 Å². The molecule has 0 unspecified atom stereocenters. The number of nitrogens with zero attached hydrogens (tertiary/aromatic N) is 1. The molecule has 1 aromatic heterocycles. The third-order valence-electron chi connectivity index (χ3n) is 5.01. The fourth-order valence-corrected chi connectivity index (χ4v) is 3.90. The zero-order chi connectivity index (χ0) is 18.5. The highest BCUT2D eigenvalue weighted by Crippen LogP contribution is 2.45. The Balaban J connectivity index is 2.12. The Kier molecular flexibility index (Phi) is 4.86. The van der Waals surface area contributed by atoms with E-state index in [1.54, 1.807) is 7.11 Å². The van der Waals surface area contributed by atoms with Crippen LogP contribution in [-0.2, 0) is 16.8 Å². The molecule has 0 spiro atoms. The topological polar surface area (TPSA) is 37.9 Å². The van der Waals surface area contributed by atoms with E-state index in [0.29, 0.717) is 6.61 Å². The van der Waals surface area contributed by atoms with Crippen molar-refractivity contribution < 1.29 is 4.74 Å². The van der Waals surface area contributed by atoms with Crippen molar-refractivity contribution in [2.75, 3.05) is 7.11 Å². The molecular formula is C24H22N2O. The molecule has 0 bridgehead atoms. The highest BCUT2D eigenvalue weighted by Gasteiger charge is 2.41. The molecule has 0 saturated heterocycles. The van der Waals surface area contributed by atoms with Crippen LogP contribution in [0, 0.1) is 0 Å². The molecule has 3 nitrogen and oxygen atoms in total. The summed E-state index contributed by atoms with van der Waals surface area (Å²) in [7, 11) is 1.71. The lowest BCUT2D eigenvalue weighted by molar-refractivity contribution is 0.183. The van der Waals surface area contributed by atoms with Crippen molar-refractivity contribution in [1.29, 1.82) is 0 Å². The number of aromatic nitrogens is 2. The standard InChI is InChI=1S/C24H22N2O/c1-27-18-19-17-25-26-23(19)24(20-11-5-2-6-12-20,21-13-7-3-8-14-21)22-15-9-4-10-16-22/h2-17H,18H2,1H3,(H,25,26). The minimum atomic E-state index is -0.506. The molecule has 3 heteroatoms. The molecule has 0 radical (unpaired) electrons. The molecule has 1 N–H and O–H groups in total. The van der Waals surface area contributed by atoms with E-state index in [-0.39, 0.29) is 0 Å². The van der Waals surface area contributed by atoms with E-state index >= 15 is 0 Å². The molecule has 0 aliphatic heterocycles. The van der Waals surface area contributed by atoms with Crippen molar-refractivity contribution in [3.8, 4) is 0 Å². The van der Waals surface area contributed by atoms with Crippen molar-refractivity contribution in [1.82, 2.24) is 10.2 Å². The Morgan fingerprint density at radius 2 is 1.19 bits per heavy atom. The first kappa shape index (κ1) is 17.3. The molecule has 27 heavy (non-hydrogen) atoms. The second-order valence-corrected chi connectivity index (χ2v) is 6.55. The van der Waals surface area contributed by atoms with Crippen LogP contribution in [0.1, 0.15) is 27.9 Å². The lowest BCUT2D eigenvalue weighted by Crippen LogP contribution is -2.32.